The maximum absolute atomic E-state index is 12.2. The van der Waals surface area contributed by atoms with Crippen LogP contribution in [0, 0.1) is 0 Å². The Morgan fingerprint density at radius 3 is 2.31 bits per heavy atom. The Morgan fingerprint density at radius 2 is 1.77 bits per heavy atom. The van der Waals surface area contributed by atoms with Crippen molar-refractivity contribution >= 4 is 39.0 Å². The van der Waals surface area contributed by atoms with Crippen LogP contribution in [0.15, 0.2) is 50.4 Å². The summed E-state index contributed by atoms with van der Waals surface area (Å²) in [4.78, 5) is 12.3. The van der Waals surface area contributed by atoms with Crippen LogP contribution in [0.1, 0.15) is 4.88 Å². The molecule has 142 valence electrons. The van der Waals surface area contributed by atoms with E-state index < -0.39 is 22.1 Å². The molecule has 0 atom stereocenters. The molecular formula is C15H15F3N2O3S3. The third-order valence-corrected chi connectivity index (χ3v) is 7.19. The number of nitrogens with zero attached hydrogens (tertiary/aromatic N) is 1. The number of amides is 1. The Labute approximate surface area is 157 Å². The van der Waals surface area contributed by atoms with Gasteiger partial charge in [0, 0.05) is 23.9 Å². The molecule has 1 N–H and O–H groups in total. The standard InChI is InChI=1S/C15H15F3N2O3S3/c1-20(2)26(22,23)12-6-3-10(4-7-12)24-13-8-5-11(25-13)9-19-14(21)15(16,17)18/h3-8H,9H2,1-2H3,(H,19,21). The summed E-state index contributed by atoms with van der Waals surface area (Å²) in [6, 6.07) is 9.67. The van der Waals surface area contributed by atoms with Crippen molar-refractivity contribution in [3.05, 3.63) is 41.3 Å². The van der Waals surface area contributed by atoms with Crippen molar-refractivity contribution in [2.45, 2.75) is 26.7 Å². The topological polar surface area (TPSA) is 66.5 Å². The molecule has 1 heterocycles. The van der Waals surface area contributed by atoms with E-state index in [1.807, 2.05) is 5.32 Å². The SMILES string of the molecule is CN(C)S(=O)(=O)c1ccc(Sc2ccc(CNC(=O)C(F)(F)F)s2)cc1. The Morgan fingerprint density at radius 1 is 1.15 bits per heavy atom. The average Bonchev–Trinajstić information content (AvgIpc) is 2.99. The van der Waals surface area contributed by atoms with Crippen LogP contribution in [0.2, 0.25) is 0 Å². The van der Waals surface area contributed by atoms with E-state index in [-0.39, 0.29) is 11.4 Å². The number of thiophene rings is 1. The molecule has 0 aliphatic carbocycles. The summed E-state index contributed by atoms with van der Waals surface area (Å²) in [7, 11) is -0.601. The first-order valence-electron chi connectivity index (χ1n) is 7.14. The highest BCUT2D eigenvalue weighted by Gasteiger charge is 2.38. The lowest BCUT2D eigenvalue weighted by Gasteiger charge is -2.11. The first-order chi connectivity index (χ1) is 12.0. The Bertz CT molecular complexity index is 876. The highest BCUT2D eigenvalue weighted by atomic mass is 32.2. The van der Waals surface area contributed by atoms with Gasteiger partial charge in [0.2, 0.25) is 10.0 Å². The van der Waals surface area contributed by atoms with E-state index in [0.717, 1.165) is 13.4 Å². The molecule has 2 rings (SSSR count). The van der Waals surface area contributed by atoms with Gasteiger partial charge in [-0.15, -0.1) is 11.3 Å². The summed E-state index contributed by atoms with van der Waals surface area (Å²) in [5, 5.41) is 1.82. The van der Waals surface area contributed by atoms with Crippen LogP contribution < -0.4 is 5.32 Å². The molecular weight excluding hydrogens is 409 g/mol. The van der Waals surface area contributed by atoms with Crippen molar-refractivity contribution in [1.29, 1.82) is 0 Å². The molecule has 0 radical (unpaired) electrons. The van der Waals surface area contributed by atoms with Gasteiger partial charge in [-0.05, 0) is 36.4 Å². The van der Waals surface area contributed by atoms with Crippen LogP contribution in [0.5, 0.6) is 0 Å². The lowest BCUT2D eigenvalue weighted by molar-refractivity contribution is -0.173. The van der Waals surface area contributed by atoms with Crippen molar-refractivity contribution in [3.63, 3.8) is 0 Å². The number of hydrogen-bond acceptors (Lipinski definition) is 5. The van der Waals surface area contributed by atoms with Crippen molar-refractivity contribution < 1.29 is 26.4 Å². The van der Waals surface area contributed by atoms with Crippen molar-refractivity contribution in [1.82, 2.24) is 9.62 Å². The van der Waals surface area contributed by atoms with E-state index in [1.165, 1.54) is 49.3 Å². The minimum atomic E-state index is -4.90. The summed E-state index contributed by atoms with van der Waals surface area (Å²) in [6.45, 7) is -0.205. The highest BCUT2D eigenvalue weighted by molar-refractivity contribution is 8.01. The number of nitrogens with one attached hydrogen (secondary N) is 1. The van der Waals surface area contributed by atoms with Crippen LogP contribution in [-0.2, 0) is 21.4 Å². The number of carbonyl (C=O) groups is 1. The largest absolute Gasteiger partial charge is 0.471 e. The van der Waals surface area contributed by atoms with Gasteiger partial charge in [0.25, 0.3) is 0 Å². The lowest BCUT2D eigenvalue weighted by Crippen LogP contribution is -2.36. The van der Waals surface area contributed by atoms with E-state index >= 15 is 0 Å². The van der Waals surface area contributed by atoms with Gasteiger partial charge in [0.1, 0.15) is 0 Å². The van der Waals surface area contributed by atoms with Gasteiger partial charge in [-0.25, -0.2) is 12.7 Å². The van der Waals surface area contributed by atoms with Gasteiger partial charge in [-0.3, -0.25) is 4.79 Å². The van der Waals surface area contributed by atoms with Crippen LogP contribution >= 0.6 is 23.1 Å². The fourth-order valence-electron chi connectivity index (χ4n) is 1.78. The fourth-order valence-corrected chi connectivity index (χ4v) is 4.78. The third kappa shape index (κ3) is 5.22. The van der Waals surface area contributed by atoms with Gasteiger partial charge in [0.15, 0.2) is 0 Å². The zero-order valence-corrected chi connectivity index (χ0v) is 16.2. The average molecular weight is 424 g/mol. The first-order valence-corrected chi connectivity index (χ1v) is 10.2. The minimum absolute atomic E-state index is 0.175. The quantitative estimate of drug-likeness (QED) is 0.773. The van der Waals surface area contributed by atoms with Crippen LogP contribution in [-0.4, -0.2) is 38.9 Å². The second kappa shape index (κ2) is 7.99. The molecule has 0 saturated carbocycles. The van der Waals surface area contributed by atoms with Gasteiger partial charge >= 0.3 is 12.1 Å². The summed E-state index contributed by atoms with van der Waals surface area (Å²) < 4.78 is 62.4. The molecule has 2 aromatic rings. The number of benzene rings is 1. The van der Waals surface area contributed by atoms with Crippen LogP contribution in [0.3, 0.4) is 0 Å². The summed E-state index contributed by atoms with van der Waals surface area (Å²) in [5.41, 5.74) is 0. The van der Waals surface area contributed by atoms with Crippen LogP contribution in [0.4, 0.5) is 13.2 Å². The molecule has 0 aliphatic rings. The molecule has 1 aromatic carbocycles. The van der Waals surface area contributed by atoms with Crippen molar-refractivity contribution in [2.24, 2.45) is 0 Å². The third-order valence-electron chi connectivity index (χ3n) is 3.14. The number of alkyl halides is 3. The molecule has 5 nitrogen and oxygen atoms in total. The van der Waals surface area contributed by atoms with E-state index in [0.29, 0.717) is 4.88 Å². The summed E-state index contributed by atoms with van der Waals surface area (Å²) >= 11 is 2.60. The smallest absolute Gasteiger partial charge is 0.343 e. The molecule has 0 unspecified atom stereocenters. The van der Waals surface area contributed by atoms with E-state index in [9.17, 15) is 26.4 Å². The Balaban J connectivity index is 2.00. The zero-order valence-electron chi connectivity index (χ0n) is 13.7. The monoisotopic (exact) mass is 424 g/mol. The van der Waals surface area contributed by atoms with E-state index in [4.69, 9.17) is 0 Å². The maximum atomic E-state index is 12.2. The number of hydrogen-bond donors (Lipinski definition) is 1. The molecule has 11 heteroatoms. The number of carbonyl (C=O) groups excluding carboxylic acids is 1. The number of sulfonamides is 1. The molecule has 0 bridgehead atoms. The van der Waals surface area contributed by atoms with Crippen LogP contribution in [0.25, 0.3) is 0 Å². The lowest BCUT2D eigenvalue weighted by atomic mass is 10.4. The molecule has 0 fully saturated rings. The fraction of sp³-hybridized carbons (Fsp3) is 0.267. The van der Waals surface area contributed by atoms with Crippen molar-refractivity contribution in [2.75, 3.05) is 14.1 Å². The molecule has 26 heavy (non-hydrogen) atoms. The highest BCUT2D eigenvalue weighted by Crippen LogP contribution is 2.34. The Kier molecular flexibility index (Phi) is 6.37. The summed E-state index contributed by atoms with van der Waals surface area (Å²) in [5.74, 6) is -1.97. The maximum Gasteiger partial charge on any atom is 0.471 e. The van der Waals surface area contributed by atoms with Gasteiger partial charge in [-0.2, -0.15) is 13.2 Å². The first kappa shape index (κ1) is 20.7. The normalized spacial score (nSPS) is 12.4. The predicted molar refractivity (Wildman–Crippen MR) is 93.7 cm³/mol. The minimum Gasteiger partial charge on any atom is -0.343 e. The molecule has 1 amide bonds. The Hall–Kier alpha value is -1.56. The van der Waals surface area contributed by atoms with Gasteiger partial charge < -0.3 is 5.32 Å². The molecule has 0 aliphatic heterocycles. The molecule has 0 saturated heterocycles. The molecule has 0 spiro atoms. The summed E-state index contributed by atoms with van der Waals surface area (Å²) in [6.07, 6.45) is -4.90. The molecule has 1 aromatic heterocycles. The second-order valence-electron chi connectivity index (χ2n) is 5.26. The predicted octanol–water partition coefficient (Wildman–Crippen LogP) is 3.33. The van der Waals surface area contributed by atoms with E-state index in [1.54, 1.807) is 24.3 Å². The zero-order chi connectivity index (χ0) is 19.5. The number of rotatable bonds is 6. The van der Waals surface area contributed by atoms with Gasteiger partial charge in [-0.1, -0.05) is 11.8 Å². The van der Waals surface area contributed by atoms with Crippen molar-refractivity contribution in [3.8, 4) is 0 Å². The number of halogens is 3. The second-order valence-corrected chi connectivity index (χ2v) is 9.96. The van der Waals surface area contributed by atoms with E-state index in [2.05, 4.69) is 0 Å². The van der Waals surface area contributed by atoms with Gasteiger partial charge in [0.05, 0.1) is 15.6 Å².